The lowest BCUT2D eigenvalue weighted by atomic mass is 9.92. The average Bonchev–Trinajstić information content (AvgIpc) is 2.74. The molecule has 4 aromatic rings. The van der Waals surface area contributed by atoms with Crippen LogP contribution in [0, 0.1) is 13.8 Å². The number of para-hydroxylation sites is 1. The van der Waals surface area contributed by atoms with Gasteiger partial charge >= 0.3 is 0 Å². The molecule has 0 spiro atoms. The van der Waals surface area contributed by atoms with E-state index in [-0.39, 0.29) is 0 Å². The largest absolute Gasteiger partial charge is 0.388 e. The second-order valence-corrected chi connectivity index (χ2v) is 7.22. The van der Waals surface area contributed by atoms with Crippen LogP contribution in [0.15, 0.2) is 91.0 Å². The van der Waals surface area contributed by atoms with E-state index in [1.54, 1.807) is 0 Å². The first kappa shape index (κ1) is 18.1. The predicted octanol–water partition coefficient (Wildman–Crippen LogP) is 7.35. The Labute approximate surface area is 167 Å². The highest BCUT2D eigenvalue weighted by Gasteiger charge is 2.09. The van der Waals surface area contributed by atoms with Gasteiger partial charge in [0.05, 0.1) is 0 Å². The first-order valence-corrected chi connectivity index (χ1v) is 9.71. The highest BCUT2D eigenvalue weighted by molar-refractivity contribution is 5.82. The number of anilines is 1. The zero-order valence-corrected chi connectivity index (χ0v) is 16.7. The van der Waals surface area contributed by atoms with Crippen LogP contribution in [-0.2, 0) is 0 Å². The fraction of sp³-hybridized carbons (Fsp3) is 0.111. The lowest BCUT2D eigenvalue weighted by Gasteiger charge is -2.14. The highest BCUT2D eigenvalue weighted by Crippen LogP contribution is 2.34. The molecule has 138 valence electrons. The smallest absolute Gasteiger partial charge is 0.0417 e. The zero-order valence-electron chi connectivity index (χ0n) is 16.7. The zero-order chi connectivity index (χ0) is 19.5. The molecule has 0 saturated heterocycles. The van der Waals surface area contributed by atoms with Gasteiger partial charge in [0.15, 0.2) is 0 Å². The van der Waals surface area contributed by atoms with Gasteiger partial charge in [-0.15, -0.1) is 0 Å². The van der Waals surface area contributed by atoms with Crippen LogP contribution in [0.3, 0.4) is 0 Å². The van der Waals surface area contributed by atoms with Crippen molar-refractivity contribution in [3.8, 4) is 33.4 Å². The summed E-state index contributed by atoms with van der Waals surface area (Å²) in [5, 5.41) is 3.30. The quantitative estimate of drug-likeness (QED) is 0.400. The molecule has 28 heavy (non-hydrogen) atoms. The van der Waals surface area contributed by atoms with Crippen molar-refractivity contribution >= 4 is 5.69 Å². The number of rotatable bonds is 4. The Hall–Kier alpha value is -3.32. The van der Waals surface area contributed by atoms with Gasteiger partial charge < -0.3 is 5.32 Å². The Bertz CT molecular complexity index is 1110. The number of hydrogen-bond donors (Lipinski definition) is 1. The molecule has 0 heterocycles. The molecule has 0 bridgehead atoms. The van der Waals surface area contributed by atoms with Gasteiger partial charge in [-0.2, -0.15) is 0 Å². The van der Waals surface area contributed by atoms with Gasteiger partial charge in [0, 0.05) is 18.3 Å². The van der Waals surface area contributed by atoms with Crippen molar-refractivity contribution in [2.75, 3.05) is 12.4 Å². The summed E-state index contributed by atoms with van der Waals surface area (Å²) in [4.78, 5) is 0. The van der Waals surface area contributed by atoms with Crippen molar-refractivity contribution in [3.05, 3.63) is 102 Å². The SMILES string of the molecule is CNc1ccccc1-c1ccc(-c2ccc(-c3ccccc3)c(C)c2)cc1C. The minimum Gasteiger partial charge on any atom is -0.388 e. The molecule has 0 unspecified atom stereocenters. The maximum absolute atomic E-state index is 3.30. The molecule has 0 amide bonds. The molecular formula is C27H25N. The molecule has 1 nitrogen and oxygen atoms in total. The van der Waals surface area contributed by atoms with E-state index in [9.17, 15) is 0 Å². The second-order valence-electron chi connectivity index (χ2n) is 7.22. The van der Waals surface area contributed by atoms with Gasteiger partial charge in [-0.1, -0.05) is 84.9 Å². The van der Waals surface area contributed by atoms with Gasteiger partial charge in [0.25, 0.3) is 0 Å². The van der Waals surface area contributed by atoms with Gasteiger partial charge in [-0.3, -0.25) is 0 Å². The van der Waals surface area contributed by atoms with E-state index in [2.05, 4.69) is 110 Å². The minimum absolute atomic E-state index is 1.15. The summed E-state index contributed by atoms with van der Waals surface area (Å²) in [6.45, 7) is 4.38. The number of hydrogen-bond acceptors (Lipinski definition) is 1. The Morgan fingerprint density at radius 1 is 0.500 bits per heavy atom. The van der Waals surface area contributed by atoms with Crippen LogP contribution in [0.1, 0.15) is 11.1 Å². The summed E-state index contributed by atoms with van der Waals surface area (Å²) in [5.74, 6) is 0. The lowest BCUT2D eigenvalue weighted by molar-refractivity contribution is 1.42. The topological polar surface area (TPSA) is 12.0 Å². The van der Waals surface area contributed by atoms with Crippen molar-refractivity contribution in [3.63, 3.8) is 0 Å². The maximum atomic E-state index is 3.30. The Kier molecular flexibility index (Phi) is 4.99. The van der Waals surface area contributed by atoms with E-state index in [4.69, 9.17) is 0 Å². The first-order chi connectivity index (χ1) is 13.7. The second kappa shape index (κ2) is 7.74. The number of aryl methyl sites for hydroxylation is 2. The molecule has 0 fully saturated rings. The number of nitrogens with one attached hydrogen (secondary N) is 1. The third-order valence-corrected chi connectivity index (χ3v) is 5.36. The Morgan fingerprint density at radius 2 is 1.07 bits per heavy atom. The molecule has 0 radical (unpaired) electrons. The molecule has 0 aliphatic heterocycles. The molecular weight excluding hydrogens is 338 g/mol. The Balaban J connectivity index is 1.71. The molecule has 4 aromatic carbocycles. The van der Waals surface area contributed by atoms with E-state index >= 15 is 0 Å². The van der Waals surface area contributed by atoms with Crippen molar-refractivity contribution in [1.82, 2.24) is 0 Å². The minimum atomic E-state index is 1.15. The molecule has 1 heteroatoms. The molecule has 0 atom stereocenters. The molecule has 0 aromatic heterocycles. The molecule has 0 aliphatic rings. The van der Waals surface area contributed by atoms with Crippen LogP contribution >= 0.6 is 0 Å². The van der Waals surface area contributed by atoms with E-state index < -0.39 is 0 Å². The van der Waals surface area contributed by atoms with E-state index in [1.807, 2.05) is 7.05 Å². The predicted molar refractivity (Wildman–Crippen MR) is 122 cm³/mol. The average molecular weight is 364 g/mol. The summed E-state index contributed by atoms with van der Waals surface area (Å²) in [6, 6.07) is 32.5. The van der Waals surface area contributed by atoms with Crippen LogP contribution in [0.4, 0.5) is 5.69 Å². The third-order valence-electron chi connectivity index (χ3n) is 5.36. The fourth-order valence-corrected chi connectivity index (χ4v) is 3.87. The summed E-state index contributed by atoms with van der Waals surface area (Å²) < 4.78 is 0. The summed E-state index contributed by atoms with van der Waals surface area (Å²) in [6.07, 6.45) is 0. The van der Waals surface area contributed by atoms with Gasteiger partial charge in [0.2, 0.25) is 0 Å². The highest BCUT2D eigenvalue weighted by atomic mass is 14.8. The molecule has 4 rings (SSSR count). The summed E-state index contributed by atoms with van der Waals surface area (Å²) >= 11 is 0. The van der Waals surface area contributed by atoms with Crippen molar-refractivity contribution in [1.29, 1.82) is 0 Å². The van der Waals surface area contributed by atoms with Gasteiger partial charge in [0.1, 0.15) is 0 Å². The standard InChI is InChI=1S/C27H25N/c1-19-17-22(13-15-24(19)21-9-5-4-6-10-21)23-14-16-25(20(2)18-23)26-11-7-8-12-27(26)28-3/h4-18,28H,1-3H3. The van der Waals surface area contributed by atoms with E-state index in [0.29, 0.717) is 0 Å². The van der Waals surface area contributed by atoms with E-state index in [1.165, 1.54) is 44.5 Å². The van der Waals surface area contributed by atoms with Crippen LogP contribution < -0.4 is 5.32 Å². The van der Waals surface area contributed by atoms with E-state index in [0.717, 1.165) is 5.69 Å². The van der Waals surface area contributed by atoms with Crippen molar-refractivity contribution in [2.45, 2.75) is 13.8 Å². The van der Waals surface area contributed by atoms with Crippen LogP contribution in [0.25, 0.3) is 33.4 Å². The number of benzene rings is 4. The Morgan fingerprint density at radius 3 is 1.68 bits per heavy atom. The van der Waals surface area contributed by atoms with Crippen molar-refractivity contribution < 1.29 is 0 Å². The fourth-order valence-electron chi connectivity index (χ4n) is 3.87. The monoisotopic (exact) mass is 363 g/mol. The molecule has 0 aliphatic carbocycles. The summed E-state index contributed by atoms with van der Waals surface area (Å²) in [5.41, 5.74) is 11.3. The van der Waals surface area contributed by atoms with Gasteiger partial charge in [-0.25, -0.2) is 0 Å². The van der Waals surface area contributed by atoms with Crippen LogP contribution in [-0.4, -0.2) is 7.05 Å². The molecule has 0 saturated carbocycles. The van der Waals surface area contributed by atoms with Crippen molar-refractivity contribution in [2.24, 2.45) is 0 Å². The lowest BCUT2D eigenvalue weighted by Crippen LogP contribution is -1.93. The summed E-state index contributed by atoms with van der Waals surface area (Å²) in [7, 11) is 1.97. The maximum Gasteiger partial charge on any atom is 0.0417 e. The molecule has 1 N–H and O–H groups in total. The van der Waals surface area contributed by atoms with Crippen LogP contribution in [0.2, 0.25) is 0 Å². The first-order valence-electron chi connectivity index (χ1n) is 9.71. The van der Waals surface area contributed by atoms with Gasteiger partial charge in [-0.05, 0) is 58.9 Å². The normalized spacial score (nSPS) is 10.7. The third kappa shape index (κ3) is 3.44. The van der Waals surface area contributed by atoms with Crippen LogP contribution in [0.5, 0.6) is 0 Å².